The number of anilines is 1. The molecule has 0 amide bonds. The van der Waals surface area contributed by atoms with Crippen LogP contribution >= 0.6 is 0 Å². The fourth-order valence-corrected chi connectivity index (χ4v) is 1.46. The number of fused-ring (bicyclic) bond motifs is 1. The summed E-state index contributed by atoms with van der Waals surface area (Å²) in [7, 11) is 0. The van der Waals surface area contributed by atoms with E-state index >= 15 is 0 Å². The Morgan fingerprint density at radius 3 is 3.18 bits per heavy atom. The minimum Gasteiger partial charge on any atom is -0.384 e. The van der Waals surface area contributed by atoms with E-state index in [9.17, 15) is 0 Å². The van der Waals surface area contributed by atoms with Crippen LogP contribution in [0.3, 0.4) is 0 Å². The van der Waals surface area contributed by atoms with Gasteiger partial charge in [0, 0.05) is 18.8 Å². The van der Waals surface area contributed by atoms with Crippen LogP contribution in [0.4, 0.5) is 5.69 Å². The number of hydrogen-bond donors (Lipinski definition) is 2. The Morgan fingerprint density at radius 2 is 2.36 bits per heavy atom. The fraction of sp³-hybridized carbons (Fsp3) is 0.333. The predicted octanol–water partition coefficient (Wildman–Crippen LogP) is 1.11. The molecule has 0 radical (unpaired) electrons. The molecular weight excluding hydrogens is 136 g/mol. The first-order valence-electron chi connectivity index (χ1n) is 3.96. The third kappa shape index (κ3) is 1.10. The lowest BCUT2D eigenvalue weighted by Gasteiger charge is -2.01. The van der Waals surface area contributed by atoms with Gasteiger partial charge in [0.2, 0.25) is 0 Å². The van der Waals surface area contributed by atoms with Crippen LogP contribution in [0, 0.1) is 0 Å². The molecule has 0 saturated carbocycles. The van der Waals surface area contributed by atoms with Gasteiger partial charge in [-0.2, -0.15) is 0 Å². The first kappa shape index (κ1) is 6.68. The van der Waals surface area contributed by atoms with Crippen molar-refractivity contribution >= 4 is 5.69 Å². The summed E-state index contributed by atoms with van der Waals surface area (Å²) in [5.41, 5.74) is 9.41. The molecule has 11 heavy (non-hydrogen) atoms. The van der Waals surface area contributed by atoms with Crippen molar-refractivity contribution in [2.24, 2.45) is 5.73 Å². The minimum absolute atomic E-state index is 0.634. The Balaban J connectivity index is 2.41. The van der Waals surface area contributed by atoms with Crippen molar-refractivity contribution < 1.29 is 0 Å². The number of hydrogen-bond acceptors (Lipinski definition) is 2. The standard InChI is InChI=1S/C9H12N2/c10-6-7-1-2-8-3-4-11-9(8)5-7/h1-2,5,11H,3-4,6,10H2. The highest BCUT2D eigenvalue weighted by molar-refractivity contribution is 5.56. The predicted molar refractivity (Wildman–Crippen MR) is 46.5 cm³/mol. The van der Waals surface area contributed by atoms with Crippen LogP contribution in [-0.4, -0.2) is 6.54 Å². The van der Waals surface area contributed by atoms with Crippen LogP contribution in [-0.2, 0) is 13.0 Å². The molecule has 3 N–H and O–H groups in total. The van der Waals surface area contributed by atoms with Gasteiger partial charge >= 0.3 is 0 Å². The summed E-state index contributed by atoms with van der Waals surface area (Å²) in [5, 5.41) is 3.32. The lowest BCUT2D eigenvalue weighted by atomic mass is 10.1. The van der Waals surface area contributed by atoms with Gasteiger partial charge in [-0.25, -0.2) is 0 Å². The van der Waals surface area contributed by atoms with Gasteiger partial charge in [0.15, 0.2) is 0 Å². The quantitative estimate of drug-likeness (QED) is 0.626. The van der Waals surface area contributed by atoms with Gasteiger partial charge < -0.3 is 11.1 Å². The molecule has 2 heteroatoms. The average molecular weight is 148 g/mol. The van der Waals surface area contributed by atoms with Gasteiger partial charge in [-0.3, -0.25) is 0 Å². The van der Waals surface area contributed by atoms with E-state index in [1.807, 2.05) is 0 Å². The molecule has 0 atom stereocenters. The average Bonchev–Trinajstić information content (AvgIpc) is 2.50. The maximum Gasteiger partial charge on any atom is 0.0376 e. The van der Waals surface area contributed by atoms with Crippen molar-refractivity contribution in [3.8, 4) is 0 Å². The van der Waals surface area contributed by atoms with E-state index in [4.69, 9.17) is 5.73 Å². The third-order valence-electron chi connectivity index (χ3n) is 2.12. The molecule has 1 aromatic rings. The first-order chi connectivity index (χ1) is 5.40. The highest BCUT2D eigenvalue weighted by atomic mass is 14.9. The summed E-state index contributed by atoms with van der Waals surface area (Å²) in [6.07, 6.45) is 1.15. The summed E-state index contributed by atoms with van der Waals surface area (Å²) in [6, 6.07) is 6.41. The van der Waals surface area contributed by atoms with Crippen LogP contribution in [0.25, 0.3) is 0 Å². The molecule has 0 aromatic heterocycles. The van der Waals surface area contributed by atoms with Crippen molar-refractivity contribution in [2.45, 2.75) is 13.0 Å². The zero-order valence-corrected chi connectivity index (χ0v) is 6.43. The molecule has 1 aliphatic rings. The molecule has 0 bridgehead atoms. The topological polar surface area (TPSA) is 38.0 Å². The number of nitrogens with one attached hydrogen (secondary N) is 1. The summed E-state index contributed by atoms with van der Waals surface area (Å²) in [5.74, 6) is 0. The van der Waals surface area contributed by atoms with E-state index in [0.29, 0.717) is 6.54 Å². The zero-order chi connectivity index (χ0) is 7.68. The Hall–Kier alpha value is -1.02. The summed E-state index contributed by atoms with van der Waals surface area (Å²) < 4.78 is 0. The largest absolute Gasteiger partial charge is 0.384 e. The van der Waals surface area contributed by atoms with Gasteiger partial charge in [-0.1, -0.05) is 12.1 Å². The third-order valence-corrected chi connectivity index (χ3v) is 2.12. The normalized spacial score (nSPS) is 14.3. The van der Waals surface area contributed by atoms with Crippen LogP contribution in [0.1, 0.15) is 11.1 Å². The van der Waals surface area contributed by atoms with Crippen LogP contribution in [0.5, 0.6) is 0 Å². The maximum absolute atomic E-state index is 5.52. The summed E-state index contributed by atoms with van der Waals surface area (Å²) >= 11 is 0. The molecule has 1 aliphatic heterocycles. The SMILES string of the molecule is NCc1ccc2c(c1)NCC2. The van der Waals surface area contributed by atoms with Crippen molar-refractivity contribution in [1.82, 2.24) is 0 Å². The summed E-state index contributed by atoms with van der Waals surface area (Å²) in [6.45, 7) is 1.71. The van der Waals surface area contributed by atoms with Gasteiger partial charge in [0.05, 0.1) is 0 Å². The molecule has 58 valence electrons. The van der Waals surface area contributed by atoms with Crippen LogP contribution in [0.15, 0.2) is 18.2 Å². The number of nitrogens with two attached hydrogens (primary N) is 1. The maximum atomic E-state index is 5.52. The molecule has 0 spiro atoms. The smallest absolute Gasteiger partial charge is 0.0376 e. The molecule has 2 rings (SSSR count). The Labute approximate surface area is 66.4 Å². The second kappa shape index (κ2) is 2.55. The second-order valence-electron chi connectivity index (χ2n) is 2.87. The van der Waals surface area contributed by atoms with Crippen LogP contribution < -0.4 is 11.1 Å². The van der Waals surface area contributed by atoms with Crippen molar-refractivity contribution in [1.29, 1.82) is 0 Å². The van der Waals surface area contributed by atoms with Crippen molar-refractivity contribution in [3.05, 3.63) is 29.3 Å². The van der Waals surface area contributed by atoms with Gasteiger partial charge in [-0.15, -0.1) is 0 Å². The fourth-order valence-electron chi connectivity index (χ4n) is 1.46. The minimum atomic E-state index is 0.634. The Kier molecular flexibility index (Phi) is 1.55. The highest BCUT2D eigenvalue weighted by Gasteiger charge is 2.08. The molecule has 1 aromatic carbocycles. The number of rotatable bonds is 1. The lowest BCUT2D eigenvalue weighted by Crippen LogP contribution is -1.97. The molecular formula is C9H12N2. The monoisotopic (exact) mass is 148 g/mol. The Morgan fingerprint density at radius 1 is 1.45 bits per heavy atom. The van der Waals surface area contributed by atoms with Crippen molar-refractivity contribution in [2.75, 3.05) is 11.9 Å². The molecule has 0 saturated heterocycles. The molecule has 1 heterocycles. The highest BCUT2D eigenvalue weighted by Crippen LogP contribution is 2.22. The summed E-state index contributed by atoms with van der Waals surface area (Å²) in [4.78, 5) is 0. The van der Waals surface area contributed by atoms with Gasteiger partial charge in [0.25, 0.3) is 0 Å². The van der Waals surface area contributed by atoms with E-state index in [-0.39, 0.29) is 0 Å². The molecule has 0 unspecified atom stereocenters. The molecule has 0 aliphatic carbocycles. The lowest BCUT2D eigenvalue weighted by molar-refractivity contribution is 1.07. The van der Waals surface area contributed by atoms with Crippen molar-refractivity contribution in [3.63, 3.8) is 0 Å². The van der Waals surface area contributed by atoms with E-state index in [1.54, 1.807) is 0 Å². The second-order valence-corrected chi connectivity index (χ2v) is 2.87. The zero-order valence-electron chi connectivity index (χ0n) is 6.43. The van der Waals surface area contributed by atoms with Gasteiger partial charge in [-0.05, 0) is 23.6 Å². The first-order valence-corrected chi connectivity index (χ1v) is 3.96. The van der Waals surface area contributed by atoms with E-state index in [1.165, 1.54) is 16.8 Å². The van der Waals surface area contributed by atoms with Crippen LogP contribution in [0.2, 0.25) is 0 Å². The molecule has 2 nitrogen and oxygen atoms in total. The van der Waals surface area contributed by atoms with E-state index in [0.717, 1.165) is 13.0 Å². The van der Waals surface area contributed by atoms with Gasteiger partial charge in [0.1, 0.15) is 0 Å². The number of benzene rings is 1. The van der Waals surface area contributed by atoms with E-state index in [2.05, 4.69) is 23.5 Å². The Bertz CT molecular complexity index is 268. The molecule has 0 fully saturated rings. The van der Waals surface area contributed by atoms with E-state index < -0.39 is 0 Å².